The van der Waals surface area contributed by atoms with Crippen LogP contribution in [0.5, 0.6) is 5.75 Å². The standard InChI is InChI=1S/C27H25Cl2N3O4/c1-2-17-12-19(10-11-32(17)18-9-8-16(14-30)22(33)13-18)35-27(34)24-25(31-36-26(24)15-6-7-15)23-20(28)4-3-5-21(23)29/h3-5,8-9,13,15,17,19,33H,2,6-7,10-12H2,1H3/t17-,19-/m1/s1. The number of aromatic nitrogens is 1. The number of benzene rings is 2. The number of phenols is 1. The Labute approximate surface area is 219 Å². The topological polar surface area (TPSA) is 99.6 Å². The quantitative estimate of drug-likeness (QED) is 0.357. The second-order valence-corrected chi connectivity index (χ2v) is 10.1. The molecule has 2 aromatic carbocycles. The summed E-state index contributed by atoms with van der Waals surface area (Å²) in [6.07, 6.45) is 3.65. The number of carbonyl (C=O) groups excluding carboxylic acids is 1. The molecule has 2 atom stereocenters. The van der Waals surface area contributed by atoms with Gasteiger partial charge in [-0.15, -0.1) is 0 Å². The Morgan fingerprint density at radius 3 is 2.64 bits per heavy atom. The van der Waals surface area contributed by atoms with Crippen molar-refractivity contribution in [2.45, 2.75) is 57.1 Å². The van der Waals surface area contributed by atoms with Crippen molar-refractivity contribution in [1.29, 1.82) is 5.26 Å². The van der Waals surface area contributed by atoms with Gasteiger partial charge < -0.3 is 19.3 Å². The molecule has 9 heteroatoms. The molecule has 1 saturated heterocycles. The minimum atomic E-state index is -0.478. The number of esters is 1. The second kappa shape index (κ2) is 10.0. The van der Waals surface area contributed by atoms with Gasteiger partial charge in [0.15, 0.2) is 5.76 Å². The molecule has 2 aliphatic rings. The van der Waals surface area contributed by atoms with E-state index in [9.17, 15) is 9.90 Å². The van der Waals surface area contributed by atoms with Gasteiger partial charge >= 0.3 is 5.97 Å². The van der Waals surface area contributed by atoms with E-state index in [0.717, 1.165) is 24.9 Å². The number of hydrogen-bond acceptors (Lipinski definition) is 7. The lowest BCUT2D eigenvalue weighted by Crippen LogP contribution is -2.45. The molecule has 0 spiro atoms. The van der Waals surface area contributed by atoms with Crippen LogP contribution in [0.3, 0.4) is 0 Å². The number of ether oxygens (including phenoxy) is 1. The van der Waals surface area contributed by atoms with Crippen LogP contribution >= 0.6 is 23.2 Å². The summed E-state index contributed by atoms with van der Waals surface area (Å²) in [5.74, 6) is 0.158. The maximum absolute atomic E-state index is 13.5. The molecule has 3 aromatic rings. The fourth-order valence-electron chi connectivity index (χ4n) is 4.87. The van der Waals surface area contributed by atoms with Gasteiger partial charge in [0.05, 0.1) is 15.6 Å². The maximum Gasteiger partial charge on any atom is 0.344 e. The lowest BCUT2D eigenvalue weighted by atomic mass is 9.96. The van der Waals surface area contributed by atoms with Crippen LogP contribution in [0.2, 0.25) is 10.0 Å². The third-order valence-corrected chi connectivity index (χ3v) is 7.55. The number of nitriles is 1. The van der Waals surface area contributed by atoms with E-state index in [2.05, 4.69) is 17.0 Å². The number of carbonyl (C=O) groups is 1. The minimum Gasteiger partial charge on any atom is -0.506 e. The van der Waals surface area contributed by atoms with E-state index >= 15 is 0 Å². The molecule has 2 fully saturated rings. The zero-order valence-corrected chi connectivity index (χ0v) is 21.2. The maximum atomic E-state index is 13.5. The zero-order chi connectivity index (χ0) is 25.4. The van der Waals surface area contributed by atoms with Crippen LogP contribution in [0, 0.1) is 11.3 Å². The minimum absolute atomic E-state index is 0.0377. The third-order valence-electron chi connectivity index (χ3n) is 6.92. The van der Waals surface area contributed by atoms with E-state index in [1.54, 1.807) is 30.3 Å². The number of hydrogen-bond donors (Lipinski definition) is 1. The van der Waals surface area contributed by atoms with Crippen molar-refractivity contribution >= 4 is 34.9 Å². The Kier molecular flexibility index (Phi) is 6.83. The summed E-state index contributed by atoms with van der Waals surface area (Å²) in [4.78, 5) is 15.7. The summed E-state index contributed by atoms with van der Waals surface area (Å²) < 4.78 is 11.6. The van der Waals surface area contributed by atoms with Crippen molar-refractivity contribution in [2.24, 2.45) is 0 Å². The highest BCUT2D eigenvalue weighted by molar-refractivity contribution is 6.39. The molecule has 0 amide bonds. The molecule has 1 aromatic heterocycles. The Hall–Kier alpha value is -3.21. The Morgan fingerprint density at radius 1 is 1.25 bits per heavy atom. The molecule has 186 valence electrons. The first kappa shape index (κ1) is 24.5. The average molecular weight is 526 g/mol. The Bertz CT molecular complexity index is 1330. The number of aromatic hydroxyl groups is 1. The van der Waals surface area contributed by atoms with Gasteiger partial charge in [0.2, 0.25) is 0 Å². The monoisotopic (exact) mass is 525 g/mol. The van der Waals surface area contributed by atoms with Gasteiger partial charge in [0, 0.05) is 48.7 Å². The fraction of sp³-hybridized carbons (Fsp3) is 0.370. The molecule has 0 bridgehead atoms. The summed E-state index contributed by atoms with van der Waals surface area (Å²) >= 11 is 12.8. The Balaban J connectivity index is 1.37. The van der Waals surface area contributed by atoms with Gasteiger partial charge in [-0.2, -0.15) is 5.26 Å². The van der Waals surface area contributed by atoms with E-state index in [-0.39, 0.29) is 29.4 Å². The predicted molar refractivity (Wildman–Crippen MR) is 137 cm³/mol. The summed E-state index contributed by atoms with van der Waals surface area (Å²) in [5, 5.41) is 24.2. The zero-order valence-electron chi connectivity index (χ0n) is 19.7. The molecule has 7 nitrogen and oxygen atoms in total. The predicted octanol–water partition coefficient (Wildman–Crippen LogP) is 6.71. The van der Waals surface area contributed by atoms with Crippen molar-refractivity contribution in [2.75, 3.05) is 11.4 Å². The number of phenolic OH excluding ortho intramolecular Hbond substituents is 1. The largest absolute Gasteiger partial charge is 0.506 e. The highest BCUT2D eigenvalue weighted by Crippen LogP contribution is 2.46. The first-order valence-corrected chi connectivity index (χ1v) is 12.8. The lowest BCUT2D eigenvalue weighted by molar-refractivity contribution is 0.0207. The van der Waals surface area contributed by atoms with Crippen molar-refractivity contribution in [1.82, 2.24) is 5.16 Å². The molecule has 0 unspecified atom stereocenters. The van der Waals surface area contributed by atoms with Gasteiger partial charge in [0.1, 0.15) is 29.2 Å². The molecular formula is C27H25Cl2N3O4. The second-order valence-electron chi connectivity index (χ2n) is 9.26. The smallest absolute Gasteiger partial charge is 0.344 e. The van der Waals surface area contributed by atoms with Crippen LogP contribution in [0.25, 0.3) is 11.3 Å². The molecule has 1 aliphatic carbocycles. The van der Waals surface area contributed by atoms with E-state index in [1.165, 1.54) is 0 Å². The number of anilines is 1. The van der Waals surface area contributed by atoms with Gasteiger partial charge in [-0.3, -0.25) is 0 Å². The van der Waals surface area contributed by atoms with Crippen molar-refractivity contribution in [3.8, 4) is 23.1 Å². The van der Waals surface area contributed by atoms with Gasteiger partial charge in [-0.1, -0.05) is 41.3 Å². The van der Waals surface area contributed by atoms with Crippen molar-refractivity contribution < 1.29 is 19.2 Å². The highest BCUT2D eigenvalue weighted by Gasteiger charge is 2.38. The molecule has 1 N–H and O–H groups in total. The first-order chi connectivity index (χ1) is 17.4. The van der Waals surface area contributed by atoms with Crippen LogP contribution in [0.15, 0.2) is 40.9 Å². The van der Waals surface area contributed by atoms with E-state index in [0.29, 0.717) is 52.0 Å². The lowest BCUT2D eigenvalue weighted by Gasteiger charge is -2.40. The van der Waals surface area contributed by atoms with Crippen LogP contribution in [0.1, 0.15) is 66.6 Å². The van der Waals surface area contributed by atoms with Crippen LogP contribution in [0.4, 0.5) is 5.69 Å². The summed E-state index contributed by atoms with van der Waals surface area (Å²) in [6, 6.07) is 12.3. The highest BCUT2D eigenvalue weighted by atomic mass is 35.5. The van der Waals surface area contributed by atoms with Crippen LogP contribution < -0.4 is 4.90 Å². The van der Waals surface area contributed by atoms with Gasteiger partial charge in [-0.25, -0.2) is 4.79 Å². The first-order valence-electron chi connectivity index (χ1n) is 12.1. The molecule has 5 rings (SSSR count). The van der Waals surface area contributed by atoms with E-state index in [4.69, 9.17) is 37.7 Å². The number of halogens is 2. The van der Waals surface area contributed by atoms with E-state index < -0.39 is 5.97 Å². The normalized spacial score (nSPS) is 19.7. The van der Waals surface area contributed by atoms with Crippen molar-refractivity contribution in [3.05, 3.63) is 63.3 Å². The third kappa shape index (κ3) is 4.63. The van der Waals surface area contributed by atoms with E-state index in [1.807, 2.05) is 12.1 Å². The van der Waals surface area contributed by atoms with Gasteiger partial charge in [-0.05, 0) is 43.5 Å². The summed E-state index contributed by atoms with van der Waals surface area (Å²) in [6.45, 7) is 2.72. The molecule has 1 saturated carbocycles. The Morgan fingerprint density at radius 2 is 2.00 bits per heavy atom. The average Bonchev–Trinajstić information content (AvgIpc) is 3.62. The number of nitrogens with zero attached hydrogens (tertiary/aromatic N) is 3. The van der Waals surface area contributed by atoms with Crippen LogP contribution in [-0.2, 0) is 4.74 Å². The summed E-state index contributed by atoms with van der Waals surface area (Å²) in [5.41, 5.74) is 2.17. The van der Waals surface area contributed by atoms with Crippen LogP contribution in [-0.4, -0.2) is 34.9 Å². The number of rotatable bonds is 6. The molecule has 1 aliphatic heterocycles. The molecule has 2 heterocycles. The van der Waals surface area contributed by atoms with Gasteiger partial charge in [0.25, 0.3) is 0 Å². The molecule has 36 heavy (non-hydrogen) atoms. The molecule has 0 radical (unpaired) electrons. The summed E-state index contributed by atoms with van der Waals surface area (Å²) in [7, 11) is 0. The SMILES string of the molecule is CC[C@@H]1C[C@H](OC(=O)c2c(-c3c(Cl)cccc3Cl)noc2C2CC2)CCN1c1ccc(C#N)c(O)c1. The fourth-order valence-corrected chi connectivity index (χ4v) is 5.45. The van der Waals surface area contributed by atoms with Crippen molar-refractivity contribution in [3.63, 3.8) is 0 Å². The molecular weight excluding hydrogens is 501 g/mol. The number of piperidine rings is 1.